The lowest BCUT2D eigenvalue weighted by Crippen LogP contribution is -2.28. The van der Waals surface area contributed by atoms with Crippen LogP contribution in [0, 0.1) is 12.2 Å². The summed E-state index contributed by atoms with van der Waals surface area (Å²) in [7, 11) is -0.347. The number of rotatable bonds is 4. The molecule has 0 bridgehead atoms. The maximum atomic E-state index is 10.3. The van der Waals surface area contributed by atoms with Crippen LogP contribution in [-0.2, 0) is 14.3 Å². The van der Waals surface area contributed by atoms with Crippen molar-refractivity contribution in [2.75, 3.05) is 20.2 Å². The van der Waals surface area contributed by atoms with E-state index in [2.05, 4.69) is 16.5 Å². The van der Waals surface area contributed by atoms with E-state index >= 15 is 0 Å². The molecule has 0 aliphatic heterocycles. The first-order chi connectivity index (χ1) is 6.93. The standard InChI is InChI=1S/C5H9NO4.C2H3BO2/c1-10-5(9)3-6-2-4(7)8;1-2-3(4)5/h6H,2-3H2,1H3,(H,7,8);1,4-5H. The summed E-state index contributed by atoms with van der Waals surface area (Å²) in [6, 6.07) is 0. The molecule has 0 aromatic carbocycles. The van der Waals surface area contributed by atoms with Crippen molar-refractivity contribution in [1.82, 2.24) is 5.32 Å². The molecule has 0 atom stereocenters. The van der Waals surface area contributed by atoms with E-state index in [0.717, 1.165) is 0 Å². The van der Waals surface area contributed by atoms with Crippen LogP contribution in [0.5, 0.6) is 0 Å². The highest BCUT2D eigenvalue weighted by Gasteiger charge is 2.00. The van der Waals surface area contributed by atoms with Crippen LogP contribution in [0.1, 0.15) is 0 Å². The van der Waals surface area contributed by atoms with Crippen LogP contribution in [0.4, 0.5) is 0 Å². The Morgan fingerprint density at radius 3 is 2.20 bits per heavy atom. The van der Waals surface area contributed by atoms with Gasteiger partial charge >= 0.3 is 19.1 Å². The summed E-state index contributed by atoms with van der Waals surface area (Å²) in [5.74, 6) is 0.171. The molecule has 0 unspecified atom stereocenters. The van der Waals surface area contributed by atoms with Crippen molar-refractivity contribution in [3.8, 4) is 12.2 Å². The molecular formula is C7H12BNO6. The monoisotopic (exact) mass is 217 g/mol. The van der Waals surface area contributed by atoms with E-state index in [4.69, 9.17) is 15.2 Å². The van der Waals surface area contributed by atoms with Crippen LogP contribution in [0.25, 0.3) is 0 Å². The summed E-state index contributed by atoms with van der Waals surface area (Å²) in [5.41, 5.74) is 0. The van der Waals surface area contributed by atoms with Crippen molar-refractivity contribution < 1.29 is 29.5 Å². The number of methoxy groups -OCH3 is 1. The number of aliphatic carboxylic acids is 1. The van der Waals surface area contributed by atoms with Crippen LogP contribution in [0.15, 0.2) is 0 Å². The van der Waals surface area contributed by atoms with Crippen molar-refractivity contribution in [1.29, 1.82) is 0 Å². The maximum Gasteiger partial charge on any atom is 0.544 e. The SMILES string of the molecule is C#CB(O)O.COC(=O)CNCC(=O)O. The average Bonchev–Trinajstić information content (AvgIpc) is 2.17. The zero-order chi connectivity index (χ0) is 12.3. The summed E-state index contributed by atoms with van der Waals surface area (Å²) in [5, 5.41) is 25.8. The Balaban J connectivity index is 0. The van der Waals surface area contributed by atoms with E-state index in [9.17, 15) is 9.59 Å². The average molecular weight is 217 g/mol. The molecule has 0 saturated carbocycles. The highest BCUT2D eigenvalue weighted by atomic mass is 16.5. The minimum atomic E-state index is -1.59. The number of hydrogen-bond acceptors (Lipinski definition) is 6. The number of esters is 1. The summed E-state index contributed by atoms with van der Waals surface area (Å²) in [6.07, 6.45) is 4.42. The van der Waals surface area contributed by atoms with Gasteiger partial charge in [0.25, 0.3) is 0 Å². The Labute approximate surface area is 87.2 Å². The summed E-state index contributed by atoms with van der Waals surface area (Å²) in [4.78, 5) is 20.2. The number of nitrogens with one attached hydrogen (secondary N) is 1. The Bertz CT molecular complexity index is 236. The zero-order valence-corrected chi connectivity index (χ0v) is 8.14. The van der Waals surface area contributed by atoms with E-state index in [1.54, 1.807) is 5.82 Å². The van der Waals surface area contributed by atoms with Gasteiger partial charge in [0, 0.05) is 0 Å². The predicted octanol–water partition coefficient (Wildman–Crippen LogP) is -2.53. The van der Waals surface area contributed by atoms with Crippen LogP contribution >= 0.6 is 0 Å². The number of carboxylic acid groups (broad SMARTS) is 1. The van der Waals surface area contributed by atoms with Crippen LogP contribution < -0.4 is 5.32 Å². The third kappa shape index (κ3) is 19.0. The number of hydrogen-bond donors (Lipinski definition) is 4. The lowest BCUT2D eigenvalue weighted by molar-refractivity contribution is -0.140. The van der Waals surface area contributed by atoms with E-state index in [1.165, 1.54) is 7.11 Å². The molecule has 0 amide bonds. The molecule has 0 fully saturated rings. The molecule has 0 saturated heterocycles. The number of carboxylic acids is 1. The lowest BCUT2D eigenvalue weighted by atomic mass is 9.95. The lowest BCUT2D eigenvalue weighted by Gasteiger charge is -1.97. The van der Waals surface area contributed by atoms with E-state index in [1.807, 2.05) is 0 Å². The molecule has 7 nitrogen and oxygen atoms in total. The van der Waals surface area contributed by atoms with Gasteiger partial charge in [0.2, 0.25) is 0 Å². The molecule has 8 heteroatoms. The Morgan fingerprint density at radius 1 is 1.47 bits per heavy atom. The van der Waals surface area contributed by atoms with Crippen molar-refractivity contribution in [3.05, 3.63) is 0 Å². The predicted molar refractivity (Wildman–Crippen MR) is 51.5 cm³/mol. The van der Waals surface area contributed by atoms with Crippen molar-refractivity contribution in [2.45, 2.75) is 0 Å². The summed E-state index contributed by atoms with van der Waals surface area (Å²) in [6.45, 7) is -0.294. The van der Waals surface area contributed by atoms with Gasteiger partial charge in [-0.3, -0.25) is 14.9 Å². The summed E-state index contributed by atoms with van der Waals surface area (Å²) < 4.78 is 4.24. The first-order valence-electron chi connectivity index (χ1n) is 3.75. The van der Waals surface area contributed by atoms with E-state index < -0.39 is 19.1 Å². The highest BCUT2D eigenvalue weighted by Crippen LogP contribution is 1.68. The normalized spacial score (nSPS) is 7.87. The van der Waals surface area contributed by atoms with Gasteiger partial charge in [-0.25, -0.2) is 0 Å². The van der Waals surface area contributed by atoms with Gasteiger partial charge < -0.3 is 19.9 Å². The quantitative estimate of drug-likeness (QED) is 0.233. The van der Waals surface area contributed by atoms with Crippen molar-refractivity contribution in [3.63, 3.8) is 0 Å². The Morgan fingerprint density at radius 2 is 1.93 bits per heavy atom. The molecule has 0 aliphatic carbocycles. The number of carbonyl (C=O) groups excluding carboxylic acids is 1. The second-order valence-corrected chi connectivity index (χ2v) is 2.11. The minimum absolute atomic E-state index is 0.0667. The Kier molecular flexibility index (Phi) is 11.2. The van der Waals surface area contributed by atoms with Crippen LogP contribution in [0.2, 0.25) is 0 Å². The molecule has 0 rings (SSSR count). The molecule has 0 heterocycles. The molecule has 84 valence electrons. The van der Waals surface area contributed by atoms with Crippen LogP contribution in [-0.4, -0.2) is 54.4 Å². The van der Waals surface area contributed by atoms with Gasteiger partial charge in [-0.1, -0.05) is 5.82 Å². The third-order valence-electron chi connectivity index (χ3n) is 0.922. The molecule has 0 aliphatic rings. The van der Waals surface area contributed by atoms with Crippen LogP contribution in [0.3, 0.4) is 0 Å². The topological polar surface area (TPSA) is 116 Å². The Hall–Kier alpha value is -1.56. The smallest absolute Gasteiger partial charge is 0.480 e. The van der Waals surface area contributed by atoms with Gasteiger partial charge in [0.05, 0.1) is 20.2 Å². The van der Waals surface area contributed by atoms with Crippen molar-refractivity contribution in [2.24, 2.45) is 0 Å². The zero-order valence-electron chi connectivity index (χ0n) is 8.14. The number of terminal acetylenes is 1. The molecule has 0 aromatic heterocycles. The van der Waals surface area contributed by atoms with Gasteiger partial charge in [0.15, 0.2) is 0 Å². The molecule has 15 heavy (non-hydrogen) atoms. The fraction of sp³-hybridized carbons (Fsp3) is 0.429. The molecule has 0 aromatic rings. The van der Waals surface area contributed by atoms with Gasteiger partial charge in [0.1, 0.15) is 0 Å². The summed E-state index contributed by atoms with van der Waals surface area (Å²) >= 11 is 0. The number of carbonyl (C=O) groups is 2. The molecule has 0 radical (unpaired) electrons. The fourth-order valence-corrected chi connectivity index (χ4v) is 0.344. The van der Waals surface area contributed by atoms with Gasteiger partial charge in [-0.15, -0.1) is 6.42 Å². The highest BCUT2D eigenvalue weighted by molar-refractivity contribution is 6.51. The molecule has 4 N–H and O–H groups in total. The first kappa shape index (κ1) is 15.9. The maximum absolute atomic E-state index is 10.3. The van der Waals surface area contributed by atoms with Crippen molar-refractivity contribution >= 4 is 19.1 Å². The van der Waals surface area contributed by atoms with Gasteiger partial charge in [-0.2, -0.15) is 0 Å². The molecule has 0 spiro atoms. The van der Waals surface area contributed by atoms with E-state index in [0.29, 0.717) is 0 Å². The fourth-order valence-electron chi connectivity index (χ4n) is 0.344. The third-order valence-corrected chi connectivity index (χ3v) is 0.922. The second-order valence-electron chi connectivity index (χ2n) is 2.11. The second kappa shape index (κ2) is 10.5. The minimum Gasteiger partial charge on any atom is -0.480 e. The molecular weight excluding hydrogens is 205 g/mol. The van der Waals surface area contributed by atoms with E-state index in [-0.39, 0.29) is 13.1 Å². The number of ether oxygens (including phenoxy) is 1. The largest absolute Gasteiger partial charge is 0.544 e. The van der Waals surface area contributed by atoms with Gasteiger partial charge in [-0.05, 0) is 0 Å². The first-order valence-corrected chi connectivity index (χ1v) is 3.75.